The van der Waals surface area contributed by atoms with Gasteiger partial charge in [-0.2, -0.15) is 0 Å². The van der Waals surface area contributed by atoms with Crippen molar-refractivity contribution in [1.29, 1.82) is 0 Å². The lowest BCUT2D eigenvalue weighted by Gasteiger charge is -2.19. The molecule has 0 aromatic carbocycles. The summed E-state index contributed by atoms with van der Waals surface area (Å²) in [7, 11) is 0. The van der Waals surface area contributed by atoms with Crippen LogP contribution in [0.3, 0.4) is 0 Å². The van der Waals surface area contributed by atoms with Gasteiger partial charge in [0.05, 0.1) is 11.3 Å². The molecule has 0 unspecified atom stereocenters. The van der Waals surface area contributed by atoms with Crippen molar-refractivity contribution in [3.05, 3.63) is 42.4 Å². The van der Waals surface area contributed by atoms with Gasteiger partial charge in [0.25, 0.3) is 0 Å². The van der Waals surface area contributed by atoms with Crippen molar-refractivity contribution >= 4 is 0 Å². The lowest BCUT2D eigenvalue weighted by atomic mass is 9.87. The van der Waals surface area contributed by atoms with E-state index in [0.717, 1.165) is 5.69 Å². The molecule has 0 saturated heterocycles. The number of rotatable bonds is 1. The van der Waals surface area contributed by atoms with Crippen LogP contribution in [0.1, 0.15) is 26.3 Å². The molecule has 88 valence electrons. The maximum absolute atomic E-state index is 9.78. The third-order valence-corrected chi connectivity index (χ3v) is 2.70. The zero-order chi connectivity index (χ0) is 12.5. The van der Waals surface area contributed by atoms with E-state index < -0.39 is 0 Å². The third-order valence-electron chi connectivity index (χ3n) is 2.70. The van der Waals surface area contributed by atoms with Crippen molar-refractivity contribution < 1.29 is 5.11 Å². The minimum Gasteiger partial charge on any atom is -0.507 e. The van der Waals surface area contributed by atoms with Crippen molar-refractivity contribution in [2.75, 3.05) is 0 Å². The topological polar surface area (TPSA) is 46.0 Å². The summed E-state index contributed by atoms with van der Waals surface area (Å²) < 4.78 is 0. The first-order valence-corrected chi connectivity index (χ1v) is 5.58. The average Bonchev–Trinajstić information content (AvgIpc) is 2.29. The fourth-order valence-corrected chi connectivity index (χ4v) is 1.63. The molecule has 0 spiro atoms. The van der Waals surface area contributed by atoms with Gasteiger partial charge in [0.1, 0.15) is 5.75 Å². The first-order chi connectivity index (χ1) is 7.98. The molecule has 2 aromatic rings. The Morgan fingerprint density at radius 2 is 1.88 bits per heavy atom. The summed E-state index contributed by atoms with van der Waals surface area (Å²) in [5.74, 6) is 0.207. The average molecular weight is 228 g/mol. The van der Waals surface area contributed by atoms with E-state index in [1.165, 1.54) is 5.56 Å². The fourth-order valence-electron chi connectivity index (χ4n) is 1.63. The molecule has 0 amide bonds. The molecule has 3 heteroatoms. The summed E-state index contributed by atoms with van der Waals surface area (Å²) in [5, 5.41) is 9.78. The van der Waals surface area contributed by atoms with Crippen molar-refractivity contribution in [1.82, 2.24) is 9.97 Å². The van der Waals surface area contributed by atoms with Crippen LogP contribution in [-0.2, 0) is 5.41 Å². The van der Waals surface area contributed by atoms with E-state index in [0.29, 0.717) is 5.56 Å². The molecular formula is C14H16N2O. The van der Waals surface area contributed by atoms with E-state index in [-0.39, 0.29) is 11.2 Å². The van der Waals surface area contributed by atoms with Crippen LogP contribution < -0.4 is 0 Å². The molecule has 0 fully saturated rings. The Morgan fingerprint density at radius 1 is 1.12 bits per heavy atom. The van der Waals surface area contributed by atoms with Gasteiger partial charge in [0.15, 0.2) is 0 Å². The predicted octanol–water partition coefficient (Wildman–Crippen LogP) is 3.15. The molecule has 0 saturated carbocycles. The summed E-state index contributed by atoms with van der Waals surface area (Å²) in [6.07, 6.45) is 4.96. The standard InChI is InChI=1S/C14H16N2O/c1-14(2,3)10-4-7-16-12(8-10)11-9-15-6-5-13(11)17/h4-9H,1-3H3,(H,15,17). The van der Waals surface area contributed by atoms with E-state index >= 15 is 0 Å². The van der Waals surface area contributed by atoms with Gasteiger partial charge in [-0.1, -0.05) is 20.8 Å². The molecule has 0 bridgehead atoms. The first kappa shape index (κ1) is 11.6. The smallest absolute Gasteiger partial charge is 0.128 e. The molecule has 2 rings (SSSR count). The minimum atomic E-state index is 0.0650. The van der Waals surface area contributed by atoms with Crippen LogP contribution in [0.15, 0.2) is 36.8 Å². The molecule has 0 aliphatic heterocycles. The summed E-state index contributed by atoms with van der Waals surface area (Å²) in [5.41, 5.74) is 2.67. The van der Waals surface area contributed by atoms with Gasteiger partial charge in [-0.3, -0.25) is 9.97 Å². The van der Waals surface area contributed by atoms with Gasteiger partial charge in [-0.25, -0.2) is 0 Å². The second-order valence-electron chi connectivity index (χ2n) is 5.07. The van der Waals surface area contributed by atoms with Crippen LogP contribution in [0, 0.1) is 0 Å². The van der Waals surface area contributed by atoms with Gasteiger partial charge >= 0.3 is 0 Å². The Bertz CT molecular complexity index is 530. The highest BCUT2D eigenvalue weighted by Crippen LogP contribution is 2.29. The highest BCUT2D eigenvalue weighted by molar-refractivity contribution is 5.65. The zero-order valence-electron chi connectivity index (χ0n) is 10.3. The van der Waals surface area contributed by atoms with Crippen LogP contribution in [0.5, 0.6) is 5.75 Å². The fraction of sp³-hybridized carbons (Fsp3) is 0.286. The van der Waals surface area contributed by atoms with Crippen LogP contribution in [0.2, 0.25) is 0 Å². The first-order valence-electron chi connectivity index (χ1n) is 5.58. The molecular weight excluding hydrogens is 212 g/mol. The maximum Gasteiger partial charge on any atom is 0.128 e. The van der Waals surface area contributed by atoms with Gasteiger partial charge in [-0.15, -0.1) is 0 Å². The van der Waals surface area contributed by atoms with Crippen LogP contribution in [0.25, 0.3) is 11.3 Å². The molecule has 17 heavy (non-hydrogen) atoms. The maximum atomic E-state index is 9.78. The van der Waals surface area contributed by atoms with Crippen molar-refractivity contribution in [2.24, 2.45) is 0 Å². The quantitative estimate of drug-likeness (QED) is 0.815. The summed E-state index contributed by atoms with van der Waals surface area (Å²) in [6.45, 7) is 6.44. The Balaban J connectivity index is 2.51. The molecule has 0 aliphatic carbocycles. The summed E-state index contributed by atoms with van der Waals surface area (Å²) in [6, 6.07) is 5.56. The monoisotopic (exact) mass is 228 g/mol. The molecule has 2 heterocycles. The van der Waals surface area contributed by atoms with Crippen LogP contribution in [-0.4, -0.2) is 15.1 Å². The van der Waals surface area contributed by atoms with Gasteiger partial charge < -0.3 is 5.11 Å². The predicted molar refractivity (Wildman–Crippen MR) is 67.8 cm³/mol. The number of nitrogens with zero attached hydrogens (tertiary/aromatic N) is 2. The molecule has 0 aliphatic rings. The Kier molecular flexibility index (Phi) is 2.84. The number of hydrogen-bond acceptors (Lipinski definition) is 3. The molecule has 1 N–H and O–H groups in total. The lowest BCUT2D eigenvalue weighted by molar-refractivity contribution is 0.476. The second kappa shape index (κ2) is 4.17. The van der Waals surface area contributed by atoms with E-state index in [4.69, 9.17) is 0 Å². The van der Waals surface area contributed by atoms with E-state index in [9.17, 15) is 5.11 Å². The highest BCUT2D eigenvalue weighted by atomic mass is 16.3. The highest BCUT2D eigenvalue weighted by Gasteiger charge is 2.15. The number of pyridine rings is 2. The lowest BCUT2D eigenvalue weighted by Crippen LogP contribution is -2.11. The van der Waals surface area contributed by atoms with Gasteiger partial charge in [0, 0.05) is 18.6 Å². The largest absolute Gasteiger partial charge is 0.507 e. The van der Waals surface area contributed by atoms with Crippen molar-refractivity contribution in [3.8, 4) is 17.0 Å². The Morgan fingerprint density at radius 3 is 2.53 bits per heavy atom. The number of aromatic hydroxyl groups is 1. The molecule has 2 aromatic heterocycles. The SMILES string of the molecule is CC(C)(C)c1ccnc(-c2cnccc2O)c1. The van der Waals surface area contributed by atoms with E-state index in [1.807, 2.05) is 12.1 Å². The van der Waals surface area contributed by atoms with Crippen LogP contribution in [0.4, 0.5) is 0 Å². The van der Waals surface area contributed by atoms with E-state index in [1.54, 1.807) is 24.7 Å². The summed E-state index contributed by atoms with van der Waals surface area (Å²) >= 11 is 0. The van der Waals surface area contributed by atoms with Crippen LogP contribution >= 0.6 is 0 Å². The van der Waals surface area contributed by atoms with E-state index in [2.05, 4.69) is 30.7 Å². The third kappa shape index (κ3) is 2.44. The van der Waals surface area contributed by atoms with Crippen molar-refractivity contribution in [2.45, 2.75) is 26.2 Å². The molecule has 3 nitrogen and oxygen atoms in total. The Labute approximate surface area is 101 Å². The number of hydrogen-bond donors (Lipinski definition) is 1. The van der Waals surface area contributed by atoms with Crippen molar-refractivity contribution in [3.63, 3.8) is 0 Å². The van der Waals surface area contributed by atoms with Gasteiger partial charge in [-0.05, 0) is 29.2 Å². The Hall–Kier alpha value is -1.90. The van der Waals surface area contributed by atoms with Gasteiger partial charge in [0.2, 0.25) is 0 Å². The minimum absolute atomic E-state index is 0.0650. The summed E-state index contributed by atoms with van der Waals surface area (Å²) in [4.78, 5) is 8.30. The zero-order valence-corrected chi connectivity index (χ0v) is 10.3. The number of aromatic nitrogens is 2. The molecule has 0 atom stereocenters. The normalized spacial score (nSPS) is 11.5. The second-order valence-corrected chi connectivity index (χ2v) is 5.07. The molecule has 0 radical (unpaired) electrons.